The Kier molecular flexibility index (Phi) is 5.07. The first-order valence-corrected chi connectivity index (χ1v) is 9.60. The number of pyridine rings is 2. The smallest absolute Gasteiger partial charge is 0.264 e. The largest absolute Gasteiger partial charge is 0.328 e. The predicted molar refractivity (Wildman–Crippen MR) is 113 cm³/mol. The number of hydrogen-bond acceptors (Lipinski definition) is 4. The van der Waals surface area contributed by atoms with Crippen molar-refractivity contribution in [3.8, 4) is 11.4 Å². The van der Waals surface area contributed by atoms with Crippen molar-refractivity contribution in [2.75, 3.05) is 0 Å². The first-order valence-electron chi connectivity index (χ1n) is 8.81. The summed E-state index contributed by atoms with van der Waals surface area (Å²) in [6, 6.07) is 16.9. The van der Waals surface area contributed by atoms with Crippen molar-refractivity contribution in [3.05, 3.63) is 98.4 Å². The number of fused-ring (bicyclic) bond motifs is 1. The van der Waals surface area contributed by atoms with Crippen molar-refractivity contribution in [1.82, 2.24) is 19.1 Å². The maximum Gasteiger partial charge on any atom is 0.264 e. The molecule has 0 saturated heterocycles. The fourth-order valence-electron chi connectivity index (χ4n) is 3.24. The molecule has 0 bridgehead atoms. The Morgan fingerprint density at radius 3 is 2.61 bits per heavy atom. The van der Waals surface area contributed by atoms with Crippen molar-refractivity contribution in [1.29, 1.82) is 0 Å². The quantitative estimate of drug-likeness (QED) is 0.366. The molecule has 1 aromatic carbocycles. The fourth-order valence-corrected chi connectivity index (χ4v) is 3.68. The number of rotatable bonds is 4. The maximum atomic E-state index is 13.2. The van der Waals surface area contributed by atoms with Gasteiger partial charge < -0.3 is 4.57 Å². The highest BCUT2D eigenvalue weighted by Crippen LogP contribution is 2.21. The normalized spacial score (nSPS) is 12.2. The summed E-state index contributed by atoms with van der Waals surface area (Å²) < 4.78 is 3.74. The highest BCUT2D eigenvalue weighted by Gasteiger charge is 2.19. The molecule has 7 heteroatoms. The Labute approximate surface area is 172 Å². The molecule has 2 aliphatic heterocycles. The lowest BCUT2D eigenvalue weighted by atomic mass is 10.1. The second-order valence-electron chi connectivity index (χ2n) is 6.52. The van der Waals surface area contributed by atoms with Gasteiger partial charge in [-0.25, -0.2) is 9.97 Å². The van der Waals surface area contributed by atoms with Gasteiger partial charge in [0.25, 0.3) is 5.56 Å². The molecule has 1 unspecified atom stereocenters. The molecule has 0 N–H and O–H groups in total. The zero-order valence-corrected chi connectivity index (χ0v) is 16.7. The third kappa shape index (κ3) is 3.48. The summed E-state index contributed by atoms with van der Waals surface area (Å²) in [4.78, 5) is 21.9. The number of halogens is 1. The van der Waals surface area contributed by atoms with Crippen LogP contribution in [0.2, 0.25) is 5.15 Å². The van der Waals surface area contributed by atoms with Crippen LogP contribution >= 0.6 is 23.8 Å². The third-order valence-electron chi connectivity index (χ3n) is 4.71. The average molecular weight is 409 g/mol. The molecule has 2 aliphatic rings. The summed E-state index contributed by atoms with van der Waals surface area (Å²) in [5.41, 5.74) is 2.35. The highest BCUT2D eigenvalue weighted by molar-refractivity contribution is 7.71. The van der Waals surface area contributed by atoms with E-state index in [1.807, 2.05) is 60.2 Å². The molecule has 3 heterocycles. The van der Waals surface area contributed by atoms with E-state index < -0.39 is 0 Å². The molecule has 0 amide bonds. The van der Waals surface area contributed by atoms with E-state index in [0.29, 0.717) is 23.1 Å². The van der Waals surface area contributed by atoms with E-state index >= 15 is 0 Å². The van der Waals surface area contributed by atoms with Gasteiger partial charge in [0.15, 0.2) is 0 Å². The van der Waals surface area contributed by atoms with Crippen LogP contribution in [0.3, 0.4) is 0 Å². The van der Waals surface area contributed by atoms with Gasteiger partial charge in [-0.1, -0.05) is 48.0 Å². The first kappa shape index (κ1) is 18.5. The van der Waals surface area contributed by atoms with Crippen molar-refractivity contribution < 1.29 is 0 Å². The molecule has 0 spiro atoms. The van der Waals surface area contributed by atoms with Gasteiger partial charge in [-0.3, -0.25) is 9.36 Å². The molecule has 28 heavy (non-hydrogen) atoms. The minimum Gasteiger partial charge on any atom is -0.328 e. The van der Waals surface area contributed by atoms with E-state index in [1.54, 1.807) is 22.9 Å². The molecule has 0 radical (unpaired) electrons. The molecule has 0 aliphatic carbocycles. The van der Waals surface area contributed by atoms with Crippen molar-refractivity contribution in [2.45, 2.75) is 19.5 Å². The van der Waals surface area contributed by atoms with Gasteiger partial charge in [-0.05, 0) is 48.5 Å². The van der Waals surface area contributed by atoms with E-state index in [9.17, 15) is 4.79 Å². The molecular weight excluding hydrogens is 392 g/mol. The first-order chi connectivity index (χ1) is 13.5. The number of nitrogens with zero attached hydrogens (tertiary/aromatic N) is 4. The van der Waals surface area contributed by atoms with E-state index in [2.05, 4.69) is 9.97 Å². The standard InChI is InChI=1S/C21H17ClN4OS/c1-14(16-6-3-2-4-7-16)26-20(27)17-8-5-11-25(19(17)24-21(26)28)13-15-9-10-18(22)23-12-15/h2-12,14H,13H2,1H3. The Morgan fingerprint density at radius 1 is 1.11 bits per heavy atom. The van der Waals surface area contributed by atoms with Crippen LogP contribution in [0, 0.1) is 4.77 Å². The third-order valence-corrected chi connectivity index (χ3v) is 5.22. The minimum absolute atomic E-state index is 0.144. The maximum absolute atomic E-state index is 13.2. The lowest BCUT2D eigenvalue weighted by molar-refractivity contribution is 0.588. The Balaban J connectivity index is 1.82. The van der Waals surface area contributed by atoms with Gasteiger partial charge in [0.05, 0.1) is 18.2 Å². The Hall–Kier alpha value is -2.83. The van der Waals surface area contributed by atoms with Crippen LogP contribution < -0.4 is 5.56 Å². The lowest BCUT2D eigenvalue weighted by Crippen LogP contribution is -2.29. The summed E-state index contributed by atoms with van der Waals surface area (Å²) in [6.07, 6.45) is 3.59. The van der Waals surface area contributed by atoms with Crippen LogP contribution in [0.5, 0.6) is 0 Å². The van der Waals surface area contributed by atoms with Crippen LogP contribution in [0.25, 0.3) is 11.4 Å². The van der Waals surface area contributed by atoms with Crippen LogP contribution in [0.4, 0.5) is 0 Å². The lowest BCUT2D eigenvalue weighted by Gasteiger charge is -2.19. The molecule has 2 aromatic rings. The zero-order valence-electron chi connectivity index (χ0n) is 15.1. The molecular formula is C21H17ClN4OS. The van der Waals surface area contributed by atoms with Crippen LogP contribution in [0.15, 0.2) is 71.8 Å². The van der Waals surface area contributed by atoms with Gasteiger partial charge in [-0.15, -0.1) is 0 Å². The second-order valence-corrected chi connectivity index (χ2v) is 7.27. The monoisotopic (exact) mass is 408 g/mol. The number of hydrogen-bond donors (Lipinski definition) is 0. The number of benzene rings is 1. The second kappa shape index (κ2) is 7.66. The fraction of sp³-hybridized carbons (Fsp3) is 0.143. The topological polar surface area (TPSA) is 52.7 Å². The van der Waals surface area contributed by atoms with Crippen LogP contribution in [0.1, 0.15) is 24.1 Å². The Bertz CT molecular complexity index is 1200. The Morgan fingerprint density at radius 2 is 1.89 bits per heavy atom. The molecule has 1 atom stereocenters. The van der Waals surface area contributed by atoms with E-state index in [-0.39, 0.29) is 16.4 Å². The molecule has 5 nitrogen and oxygen atoms in total. The summed E-state index contributed by atoms with van der Waals surface area (Å²) in [5, 5.41) is 0.440. The molecule has 0 fully saturated rings. The van der Waals surface area contributed by atoms with Gasteiger partial charge in [-0.2, -0.15) is 0 Å². The van der Waals surface area contributed by atoms with Crippen molar-refractivity contribution in [2.24, 2.45) is 0 Å². The minimum atomic E-state index is -0.202. The summed E-state index contributed by atoms with van der Waals surface area (Å²) in [7, 11) is 0. The van der Waals surface area contributed by atoms with Gasteiger partial charge in [0.1, 0.15) is 11.0 Å². The molecule has 140 valence electrons. The molecule has 4 rings (SSSR count). The van der Waals surface area contributed by atoms with E-state index in [4.69, 9.17) is 23.8 Å². The number of aromatic nitrogens is 4. The zero-order chi connectivity index (χ0) is 19.7. The van der Waals surface area contributed by atoms with E-state index in [0.717, 1.165) is 11.1 Å². The van der Waals surface area contributed by atoms with Crippen molar-refractivity contribution >= 4 is 23.8 Å². The molecule has 1 aromatic heterocycles. The van der Waals surface area contributed by atoms with Gasteiger partial charge in [0, 0.05) is 12.4 Å². The van der Waals surface area contributed by atoms with Crippen LogP contribution in [-0.2, 0) is 6.54 Å². The average Bonchev–Trinajstić information content (AvgIpc) is 2.71. The van der Waals surface area contributed by atoms with Crippen LogP contribution in [-0.4, -0.2) is 19.1 Å². The van der Waals surface area contributed by atoms with Crippen molar-refractivity contribution in [3.63, 3.8) is 0 Å². The summed E-state index contributed by atoms with van der Waals surface area (Å²) in [6.45, 7) is 2.47. The summed E-state index contributed by atoms with van der Waals surface area (Å²) in [5.74, 6) is 0.559. The summed E-state index contributed by atoms with van der Waals surface area (Å²) >= 11 is 11.4. The molecule has 0 saturated carbocycles. The van der Waals surface area contributed by atoms with Gasteiger partial charge >= 0.3 is 0 Å². The predicted octanol–water partition coefficient (Wildman–Crippen LogP) is 4.59. The SMILES string of the molecule is CC(c1ccccc1)n1c(=S)nc2n(Cc3ccc(Cl)nc3)cccc-2c1=O. The van der Waals surface area contributed by atoms with E-state index in [1.165, 1.54) is 0 Å². The van der Waals surface area contributed by atoms with Gasteiger partial charge in [0.2, 0.25) is 4.77 Å². The highest BCUT2D eigenvalue weighted by atomic mass is 35.5.